The van der Waals surface area contributed by atoms with Crippen molar-refractivity contribution in [3.8, 4) is 11.5 Å². The number of para-hydroxylation sites is 3. The molecule has 0 bridgehead atoms. The van der Waals surface area contributed by atoms with E-state index < -0.39 is 0 Å². The molecule has 0 fully saturated rings. The largest absolute Gasteiger partial charge is 0.453 e. The van der Waals surface area contributed by atoms with E-state index in [-0.39, 0.29) is 6.04 Å². The van der Waals surface area contributed by atoms with E-state index in [1.807, 2.05) is 6.07 Å². The van der Waals surface area contributed by atoms with Crippen LogP contribution in [0.5, 0.6) is 11.5 Å². The van der Waals surface area contributed by atoms with Gasteiger partial charge in [-0.15, -0.1) is 0 Å². The minimum atomic E-state index is 0.203. The zero-order chi connectivity index (χ0) is 19.5. The van der Waals surface area contributed by atoms with Crippen LogP contribution in [0.1, 0.15) is 37.9 Å². The predicted octanol–water partition coefficient (Wildman–Crippen LogP) is 6.53. The highest BCUT2D eigenvalue weighted by Crippen LogP contribution is 2.51. The van der Waals surface area contributed by atoms with Crippen LogP contribution in [-0.4, -0.2) is 18.0 Å². The molecule has 1 aliphatic rings. The molecule has 0 amide bonds. The quantitative estimate of drug-likeness (QED) is 0.489. The van der Waals surface area contributed by atoms with Crippen molar-refractivity contribution >= 4 is 11.4 Å². The Kier molecular flexibility index (Phi) is 5.36. The van der Waals surface area contributed by atoms with Crippen LogP contribution in [0, 0.1) is 0 Å². The molecule has 0 saturated heterocycles. The van der Waals surface area contributed by atoms with Gasteiger partial charge in [0.05, 0.1) is 17.4 Å². The van der Waals surface area contributed by atoms with Gasteiger partial charge in [0.25, 0.3) is 0 Å². The van der Waals surface area contributed by atoms with E-state index in [1.165, 1.54) is 11.1 Å². The van der Waals surface area contributed by atoms with E-state index >= 15 is 0 Å². The Bertz CT molecular complexity index is 934. The molecule has 0 aromatic heterocycles. The van der Waals surface area contributed by atoms with Crippen molar-refractivity contribution in [3.05, 3.63) is 83.9 Å². The van der Waals surface area contributed by atoms with Crippen LogP contribution in [0.15, 0.2) is 72.8 Å². The Morgan fingerprint density at radius 1 is 0.821 bits per heavy atom. The number of benzene rings is 3. The van der Waals surface area contributed by atoms with Crippen LogP contribution in [0.25, 0.3) is 0 Å². The van der Waals surface area contributed by atoms with E-state index in [0.29, 0.717) is 0 Å². The molecule has 1 atom stereocenters. The average molecular weight is 373 g/mol. The Balaban J connectivity index is 1.82. The fourth-order valence-corrected chi connectivity index (χ4v) is 3.97. The number of rotatable bonds is 6. The third-order valence-electron chi connectivity index (χ3n) is 5.63. The standard InChI is InChI=1S/C25H28N2O/c1-4-26(5-2)18-21-14-11-16-23-25(21)28-24-17-10-9-15-22(24)27(23)19(3)20-12-7-6-8-13-20/h6-17,19H,4-5,18H2,1-3H3. The Morgan fingerprint density at radius 2 is 1.50 bits per heavy atom. The van der Waals surface area contributed by atoms with Crippen molar-refractivity contribution in [3.63, 3.8) is 0 Å². The van der Waals surface area contributed by atoms with Gasteiger partial charge in [0.1, 0.15) is 0 Å². The van der Waals surface area contributed by atoms with Crippen LogP contribution in [0.4, 0.5) is 11.4 Å². The first-order chi connectivity index (χ1) is 13.7. The third kappa shape index (κ3) is 3.38. The van der Waals surface area contributed by atoms with E-state index in [2.05, 4.69) is 97.3 Å². The minimum Gasteiger partial charge on any atom is -0.453 e. The van der Waals surface area contributed by atoms with Crippen molar-refractivity contribution in [2.45, 2.75) is 33.4 Å². The lowest BCUT2D eigenvalue weighted by atomic mass is 10.0. The first-order valence-corrected chi connectivity index (χ1v) is 10.2. The fraction of sp³-hybridized carbons (Fsp3) is 0.280. The molecule has 1 unspecified atom stereocenters. The summed E-state index contributed by atoms with van der Waals surface area (Å²) in [5, 5.41) is 0. The van der Waals surface area contributed by atoms with Crippen molar-refractivity contribution in [1.82, 2.24) is 4.90 Å². The molecule has 0 saturated carbocycles. The van der Waals surface area contributed by atoms with Gasteiger partial charge >= 0.3 is 0 Å². The maximum atomic E-state index is 6.45. The van der Waals surface area contributed by atoms with Gasteiger partial charge in [0.2, 0.25) is 0 Å². The molecule has 0 radical (unpaired) electrons. The molecule has 28 heavy (non-hydrogen) atoms. The minimum absolute atomic E-state index is 0.203. The Labute approximate surface area is 168 Å². The van der Waals surface area contributed by atoms with Gasteiger partial charge in [-0.1, -0.05) is 68.4 Å². The molecule has 0 aliphatic carbocycles. The van der Waals surface area contributed by atoms with E-state index in [1.54, 1.807) is 0 Å². The second-order valence-corrected chi connectivity index (χ2v) is 7.25. The normalized spacial score (nSPS) is 13.6. The number of hydrogen-bond acceptors (Lipinski definition) is 3. The maximum Gasteiger partial charge on any atom is 0.155 e. The highest BCUT2D eigenvalue weighted by atomic mass is 16.5. The summed E-state index contributed by atoms with van der Waals surface area (Å²) in [5.41, 5.74) is 4.78. The third-order valence-corrected chi connectivity index (χ3v) is 5.63. The SMILES string of the molecule is CCN(CC)Cc1cccc2c1Oc1ccccc1N2C(C)c1ccccc1. The molecule has 1 heterocycles. The van der Waals surface area contributed by atoms with Crippen LogP contribution in [0.3, 0.4) is 0 Å². The second-order valence-electron chi connectivity index (χ2n) is 7.25. The van der Waals surface area contributed by atoms with Crippen LogP contribution in [0.2, 0.25) is 0 Å². The average Bonchev–Trinajstić information content (AvgIpc) is 2.76. The number of fused-ring (bicyclic) bond motifs is 2. The lowest BCUT2D eigenvalue weighted by Gasteiger charge is -2.38. The first-order valence-electron chi connectivity index (χ1n) is 10.2. The lowest BCUT2D eigenvalue weighted by Crippen LogP contribution is -2.26. The molecule has 3 aromatic carbocycles. The van der Waals surface area contributed by atoms with Gasteiger partial charge < -0.3 is 9.64 Å². The topological polar surface area (TPSA) is 15.7 Å². The highest BCUT2D eigenvalue weighted by Gasteiger charge is 2.30. The summed E-state index contributed by atoms with van der Waals surface area (Å²) < 4.78 is 6.45. The van der Waals surface area contributed by atoms with Gasteiger partial charge in [-0.25, -0.2) is 0 Å². The molecular formula is C25H28N2O. The molecule has 3 aromatic rings. The summed E-state index contributed by atoms with van der Waals surface area (Å²) >= 11 is 0. The maximum absolute atomic E-state index is 6.45. The van der Waals surface area contributed by atoms with Crippen molar-refractivity contribution < 1.29 is 4.74 Å². The van der Waals surface area contributed by atoms with Crippen molar-refractivity contribution in [1.29, 1.82) is 0 Å². The van der Waals surface area contributed by atoms with E-state index in [4.69, 9.17) is 4.74 Å². The number of nitrogens with zero attached hydrogens (tertiary/aromatic N) is 2. The fourth-order valence-electron chi connectivity index (χ4n) is 3.97. The van der Waals surface area contributed by atoms with E-state index in [9.17, 15) is 0 Å². The summed E-state index contributed by atoms with van der Waals surface area (Å²) in [7, 11) is 0. The molecule has 144 valence electrons. The smallest absolute Gasteiger partial charge is 0.155 e. The van der Waals surface area contributed by atoms with Gasteiger partial charge in [0.15, 0.2) is 11.5 Å². The molecule has 3 nitrogen and oxygen atoms in total. The molecule has 0 N–H and O–H groups in total. The first kappa shape index (κ1) is 18.6. The molecule has 1 aliphatic heterocycles. The van der Waals surface area contributed by atoms with Crippen LogP contribution < -0.4 is 9.64 Å². The van der Waals surface area contributed by atoms with Crippen molar-refractivity contribution in [2.75, 3.05) is 18.0 Å². The monoisotopic (exact) mass is 372 g/mol. The summed E-state index contributed by atoms with van der Waals surface area (Å²) in [5.74, 6) is 1.90. The Hall–Kier alpha value is -2.78. The highest BCUT2D eigenvalue weighted by molar-refractivity contribution is 5.80. The molecule has 3 heteroatoms. The van der Waals surface area contributed by atoms with Gasteiger partial charge in [-0.3, -0.25) is 4.90 Å². The zero-order valence-corrected chi connectivity index (χ0v) is 16.9. The molecule has 4 rings (SSSR count). The van der Waals surface area contributed by atoms with Gasteiger partial charge in [-0.2, -0.15) is 0 Å². The number of anilines is 2. The summed E-state index contributed by atoms with van der Waals surface area (Å²) in [6.45, 7) is 9.63. The van der Waals surface area contributed by atoms with E-state index in [0.717, 1.165) is 42.5 Å². The lowest BCUT2D eigenvalue weighted by molar-refractivity contribution is 0.291. The zero-order valence-electron chi connectivity index (χ0n) is 16.9. The summed E-state index contributed by atoms with van der Waals surface area (Å²) in [6.07, 6.45) is 0. The van der Waals surface area contributed by atoms with Crippen LogP contribution >= 0.6 is 0 Å². The number of hydrogen-bond donors (Lipinski definition) is 0. The van der Waals surface area contributed by atoms with Crippen LogP contribution in [-0.2, 0) is 6.54 Å². The number of ether oxygens (including phenoxy) is 1. The second kappa shape index (κ2) is 8.07. The Morgan fingerprint density at radius 3 is 2.25 bits per heavy atom. The molecular weight excluding hydrogens is 344 g/mol. The van der Waals surface area contributed by atoms with Crippen molar-refractivity contribution in [2.24, 2.45) is 0 Å². The van der Waals surface area contributed by atoms with Gasteiger partial charge in [-0.05, 0) is 43.8 Å². The summed E-state index contributed by atoms with van der Waals surface area (Å²) in [6, 6.07) is 25.7. The molecule has 0 spiro atoms. The predicted molar refractivity (Wildman–Crippen MR) is 117 cm³/mol. The van der Waals surface area contributed by atoms with Gasteiger partial charge in [0, 0.05) is 12.1 Å². The summed E-state index contributed by atoms with van der Waals surface area (Å²) in [4.78, 5) is 4.83.